The fraction of sp³-hybridized carbons (Fsp3) is 0.462. The highest BCUT2D eigenvalue weighted by Gasteiger charge is 2.08. The highest BCUT2D eigenvalue weighted by atomic mass is 35.5. The summed E-state index contributed by atoms with van der Waals surface area (Å²) in [7, 11) is -1.21. The standard InChI is InChI=1S/C13H20N2O3S.ClH/c1-10(14-2)8-15-13(16)12-6-4-11(5-7-12)9-19(3,17)18;/h4-7,10,14H,8-9H2,1-3H3,(H,15,16);1H. The van der Waals surface area contributed by atoms with Crippen molar-refractivity contribution in [2.24, 2.45) is 0 Å². The average Bonchev–Trinajstić information content (AvgIpc) is 2.34. The van der Waals surface area contributed by atoms with Crippen LogP contribution in [0.25, 0.3) is 0 Å². The predicted molar refractivity (Wildman–Crippen MR) is 83.1 cm³/mol. The van der Waals surface area contributed by atoms with Crippen LogP contribution in [-0.2, 0) is 15.6 Å². The molecule has 0 fully saturated rings. The number of sulfone groups is 1. The molecule has 5 nitrogen and oxygen atoms in total. The zero-order chi connectivity index (χ0) is 14.5. The van der Waals surface area contributed by atoms with Gasteiger partial charge in [-0.1, -0.05) is 12.1 Å². The largest absolute Gasteiger partial charge is 0.350 e. The molecule has 0 aliphatic heterocycles. The smallest absolute Gasteiger partial charge is 0.251 e. The Kier molecular flexibility index (Phi) is 7.78. The van der Waals surface area contributed by atoms with Gasteiger partial charge < -0.3 is 10.6 Å². The summed E-state index contributed by atoms with van der Waals surface area (Å²) in [6.45, 7) is 2.51. The quantitative estimate of drug-likeness (QED) is 0.819. The van der Waals surface area contributed by atoms with Crippen molar-refractivity contribution in [3.63, 3.8) is 0 Å². The summed E-state index contributed by atoms with van der Waals surface area (Å²) in [5.41, 5.74) is 1.21. The molecule has 1 atom stereocenters. The Morgan fingerprint density at radius 2 is 1.80 bits per heavy atom. The van der Waals surface area contributed by atoms with Crippen molar-refractivity contribution in [1.82, 2.24) is 10.6 Å². The second-order valence-electron chi connectivity index (χ2n) is 4.67. The first kappa shape index (κ1) is 18.9. The van der Waals surface area contributed by atoms with Crippen LogP contribution in [0.15, 0.2) is 24.3 Å². The van der Waals surface area contributed by atoms with Gasteiger partial charge in [0.25, 0.3) is 5.91 Å². The number of rotatable bonds is 6. The molecule has 0 radical (unpaired) electrons. The van der Waals surface area contributed by atoms with Crippen LogP contribution < -0.4 is 10.6 Å². The number of hydrogen-bond acceptors (Lipinski definition) is 4. The van der Waals surface area contributed by atoms with E-state index in [1.165, 1.54) is 6.26 Å². The maximum Gasteiger partial charge on any atom is 0.251 e. The van der Waals surface area contributed by atoms with Gasteiger partial charge in [-0.3, -0.25) is 4.79 Å². The molecule has 0 saturated carbocycles. The second kappa shape index (κ2) is 8.24. The van der Waals surface area contributed by atoms with Crippen LogP contribution in [0.5, 0.6) is 0 Å². The van der Waals surface area contributed by atoms with Crippen molar-refractivity contribution in [3.05, 3.63) is 35.4 Å². The molecule has 20 heavy (non-hydrogen) atoms. The van der Waals surface area contributed by atoms with Crippen molar-refractivity contribution < 1.29 is 13.2 Å². The van der Waals surface area contributed by atoms with Gasteiger partial charge in [-0.15, -0.1) is 12.4 Å². The Labute approximate surface area is 126 Å². The second-order valence-corrected chi connectivity index (χ2v) is 6.81. The lowest BCUT2D eigenvalue weighted by Gasteiger charge is -2.11. The lowest BCUT2D eigenvalue weighted by molar-refractivity contribution is 0.0950. The molecule has 0 aliphatic carbocycles. The van der Waals surface area contributed by atoms with E-state index in [9.17, 15) is 13.2 Å². The molecule has 0 spiro atoms. The molecule has 0 aliphatic rings. The van der Waals surface area contributed by atoms with E-state index in [0.29, 0.717) is 17.7 Å². The van der Waals surface area contributed by atoms with Gasteiger partial charge in [0.15, 0.2) is 9.84 Å². The summed E-state index contributed by atoms with van der Waals surface area (Å²) >= 11 is 0. The first-order chi connectivity index (χ1) is 8.81. The third kappa shape index (κ3) is 6.88. The third-order valence-corrected chi connectivity index (χ3v) is 3.56. The molecule has 7 heteroatoms. The van der Waals surface area contributed by atoms with E-state index in [1.54, 1.807) is 24.3 Å². The summed E-state index contributed by atoms with van der Waals surface area (Å²) in [6, 6.07) is 6.81. The van der Waals surface area contributed by atoms with Crippen molar-refractivity contribution in [2.75, 3.05) is 19.8 Å². The number of amides is 1. The molecule has 2 N–H and O–H groups in total. The average molecular weight is 321 g/mol. The number of halogens is 1. The van der Waals surface area contributed by atoms with Gasteiger partial charge in [0.05, 0.1) is 5.75 Å². The minimum atomic E-state index is -3.04. The molecule has 0 aromatic heterocycles. The van der Waals surface area contributed by atoms with Crippen LogP contribution in [0.2, 0.25) is 0 Å². The minimum Gasteiger partial charge on any atom is -0.350 e. The van der Waals surface area contributed by atoms with Gasteiger partial charge in [-0.25, -0.2) is 8.42 Å². The summed E-state index contributed by atoms with van der Waals surface area (Å²) in [4.78, 5) is 11.8. The Bertz CT molecular complexity index is 529. The SMILES string of the molecule is CNC(C)CNC(=O)c1ccc(CS(C)(=O)=O)cc1.Cl. The Hall–Kier alpha value is -1.11. The van der Waals surface area contributed by atoms with E-state index in [4.69, 9.17) is 0 Å². The zero-order valence-electron chi connectivity index (χ0n) is 11.8. The minimum absolute atomic E-state index is 0. The molecule has 0 heterocycles. The van der Waals surface area contributed by atoms with E-state index >= 15 is 0 Å². The van der Waals surface area contributed by atoms with Gasteiger partial charge in [0.1, 0.15) is 0 Å². The molecule has 1 amide bonds. The number of likely N-dealkylation sites (N-methyl/N-ethyl adjacent to an activating group) is 1. The van der Waals surface area contributed by atoms with E-state index < -0.39 is 9.84 Å². The topological polar surface area (TPSA) is 75.3 Å². The van der Waals surface area contributed by atoms with Crippen LogP contribution in [-0.4, -0.2) is 40.2 Å². The Morgan fingerprint density at radius 1 is 1.25 bits per heavy atom. The van der Waals surface area contributed by atoms with Gasteiger partial charge in [0, 0.05) is 24.4 Å². The van der Waals surface area contributed by atoms with E-state index in [2.05, 4.69) is 10.6 Å². The Morgan fingerprint density at radius 3 is 2.25 bits per heavy atom. The summed E-state index contributed by atoms with van der Waals surface area (Å²) in [6.07, 6.45) is 1.19. The first-order valence-corrected chi connectivity index (χ1v) is 8.10. The molecule has 0 saturated heterocycles. The number of carbonyl (C=O) groups excluding carboxylic acids is 1. The summed E-state index contributed by atoms with van der Waals surface area (Å²) in [5, 5.41) is 5.82. The molecular weight excluding hydrogens is 300 g/mol. The van der Waals surface area contributed by atoms with Crippen LogP contribution in [0.4, 0.5) is 0 Å². The predicted octanol–water partition coefficient (Wildman–Crippen LogP) is 0.991. The number of hydrogen-bond donors (Lipinski definition) is 2. The monoisotopic (exact) mass is 320 g/mol. The van der Waals surface area contributed by atoms with Crippen molar-refractivity contribution in [3.8, 4) is 0 Å². The maximum atomic E-state index is 11.8. The number of nitrogens with one attached hydrogen (secondary N) is 2. The summed E-state index contributed by atoms with van der Waals surface area (Å²) in [5.74, 6) is -0.168. The summed E-state index contributed by atoms with van der Waals surface area (Å²) < 4.78 is 22.3. The van der Waals surface area contributed by atoms with Gasteiger partial charge in [-0.05, 0) is 31.7 Å². The molecule has 1 aromatic rings. The zero-order valence-corrected chi connectivity index (χ0v) is 13.5. The van der Waals surface area contributed by atoms with Crippen molar-refractivity contribution in [1.29, 1.82) is 0 Å². The van der Waals surface area contributed by atoms with Crippen LogP contribution >= 0.6 is 12.4 Å². The molecule has 114 valence electrons. The normalized spacial score (nSPS) is 12.3. The van der Waals surface area contributed by atoms with Crippen LogP contribution in [0.1, 0.15) is 22.8 Å². The van der Waals surface area contributed by atoms with Gasteiger partial charge in [0.2, 0.25) is 0 Å². The number of carbonyl (C=O) groups is 1. The molecule has 1 unspecified atom stereocenters. The molecule has 1 aromatic carbocycles. The molecular formula is C13H21ClN2O3S. The molecule has 0 bridgehead atoms. The lowest BCUT2D eigenvalue weighted by atomic mass is 10.1. The fourth-order valence-electron chi connectivity index (χ4n) is 1.51. The van der Waals surface area contributed by atoms with Gasteiger partial charge >= 0.3 is 0 Å². The first-order valence-electron chi connectivity index (χ1n) is 6.04. The van der Waals surface area contributed by atoms with E-state index in [-0.39, 0.29) is 30.1 Å². The highest BCUT2D eigenvalue weighted by molar-refractivity contribution is 7.89. The molecule has 1 rings (SSSR count). The third-order valence-electron chi connectivity index (χ3n) is 2.71. The van der Waals surface area contributed by atoms with E-state index in [1.807, 2.05) is 14.0 Å². The fourth-order valence-corrected chi connectivity index (χ4v) is 2.30. The Balaban J connectivity index is 0.00000361. The van der Waals surface area contributed by atoms with Crippen molar-refractivity contribution >= 4 is 28.2 Å². The number of benzene rings is 1. The van der Waals surface area contributed by atoms with Crippen LogP contribution in [0, 0.1) is 0 Å². The highest BCUT2D eigenvalue weighted by Crippen LogP contribution is 2.07. The van der Waals surface area contributed by atoms with E-state index in [0.717, 1.165) is 0 Å². The van der Waals surface area contributed by atoms with Crippen LogP contribution in [0.3, 0.4) is 0 Å². The van der Waals surface area contributed by atoms with Crippen molar-refractivity contribution in [2.45, 2.75) is 18.7 Å². The van der Waals surface area contributed by atoms with Gasteiger partial charge in [-0.2, -0.15) is 0 Å². The lowest BCUT2D eigenvalue weighted by Crippen LogP contribution is -2.37. The maximum absolute atomic E-state index is 11.8.